The van der Waals surface area contributed by atoms with Crippen LogP contribution in [0.3, 0.4) is 0 Å². The first kappa shape index (κ1) is 14.6. The van der Waals surface area contributed by atoms with Crippen LogP contribution in [-0.4, -0.2) is 12.1 Å². The van der Waals surface area contributed by atoms with Crippen LogP contribution in [0.25, 0.3) is 10.8 Å². The average molecular weight is 281 g/mol. The molecule has 0 aromatic heterocycles. The van der Waals surface area contributed by atoms with Gasteiger partial charge in [-0.1, -0.05) is 48.9 Å². The molecular formula is C20H27N. The first-order valence-electron chi connectivity index (χ1n) is 8.27. The predicted molar refractivity (Wildman–Crippen MR) is 91.8 cm³/mol. The molecule has 0 aliphatic heterocycles. The average Bonchev–Trinajstić information content (AvgIpc) is 2.92. The van der Waals surface area contributed by atoms with Gasteiger partial charge in [-0.25, -0.2) is 0 Å². The molecule has 1 aliphatic carbocycles. The van der Waals surface area contributed by atoms with Crippen molar-refractivity contribution >= 4 is 10.8 Å². The molecule has 1 nitrogen and oxygen atoms in total. The second-order valence-electron chi connectivity index (χ2n) is 7.50. The maximum Gasteiger partial charge on any atom is 0.00966 e. The van der Waals surface area contributed by atoms with Crippen LogP contribution in [-0.2, 0) is 0 Å². The van der Waals surface area contributed by atoms with Crippen molar-refractivity contribution < 1.29 is 0 Å². The molecule has 21 heavy (non-hydrogen) atoms. The van der Waals surface area contributed by atoms with Gasteiger partial charge in [0, 0.05) is 5.54 Å². The molecule has 0 spiro atoms. The summed E-state index contributed by atoms with van der Waals surface area (Å²) in [5.74, 6) is 1.49. The normalized spacial score (nSPS) is 22.8. The van der Waals surface area contributed by atoms with Crippen LogP contribution in [0, 0.1) is 5.92 Å². The Morgan fingerprint density at radius 3 is 2.57 bits per heavy atom. The van der Waals surface area contributed by atoms with E-state index in [-0.39, 0.29) is 5.54 Å². The van der Waals surface area contributed by atoms with E-state index in [0.717, 1.165) is 12.5 Å². The summed E-state index contributed by atoms with van der Waals surface area (Å²) in [4.78, 5) is 0. The van der Waals surface area contributed by atoms with E-state index in [1.165, 1.54) is 30.0 Å². The third kappa shape index (κ3) is 3.29. The van der Waals surface area contributed by atoms with E-state index in [1.807, 2.05) is 0 Å². The van der Waals surface area contributed by atoms with Gasteiger partial charge in [0.1, 0.15) is 0 Å². The Morgan fingerprint density at radius 2 is 1.76 bits per heavy atom. The highest BCUT2D eigenvalue weighted by molar-refractivity contribution is 5.86. The lowest BCUT2D eigenvalue weighted by Crippen LogP contribution is -2.39. The van der Waals surface area contributed by atoms with Gasteiger partial charge in [-0.05, 0) is 68.3 Å². The molecule has 0 bridgehead atoms. The number of benzene rings is 2. The third-order valence-electron chi connectivity index (χ3n) is 4.78. The Balaban J connectivity index is 1.87. The van der Waals surface area contributed by atoms with Gasteiger partial charge in [-0.2, -0.15) is 0 Å². The van der Waals surface area contributed by atoms with Gasteiger partial charge in [0.2, 0.25) is 0 Å². The van der Waals surface area contributed by atoms with Crippen molar-refractivity contribution in [2.75, 3.05) is 6.54 Å². The molecule has 112 valence electrons. The van der Waals surface area contributed by atoms with Crippen LogP contribution in [0.5, 0.6) is 0 Å². The van der Waals surface area contributed by atoms with E-state index < -0.39 is 0 Å². The van der Waals surface area contributed by atoms with E-state index in [4.69, 9.17) is 0 Å². The smallest absolute Gasteiger partial charge is 0.00966 e. The molecule has 1 fully saturated rings. The fourth-order valence-corrected chi connectivity index (χ4v) is 3.70. The van der Waals surface area contributed by atoms with Crippen molar-refractivity contribution in [1.29, 1.82) is 0 Å². The molecule has 0 heterocycles. The summed E-state index contributed by atoms with van der Waals surface area (Å²) in [6, 6.07) is 15.6. The van der Waals surface area contributed by atoms with Crippen LogP contribution in [0.2, 0.25) is 0 Å². The molecule has 1 saturated carbocycles. The lowest BCUT2D eigenvalue weighted by Gasteiger charge is -2.27. The molecule has 1 N–H and O–H groups in total. The van der Waals surface area contributed by atoms with E-state index in [2.05, 4.69) is 68.6 Å². The summed E-state index contributed by atoms with van der Waals surface area (Å²) in [6.45, 7) is 7.91. The highest BCUT2D eigenvalue weighted by Gasteiger charge is 2.30. The number of hydrogen-bond acceptors (Lipinski definition) is 1. The summed E-state index contributed by atoms with van der Waals surface area (Å²) in [5, 5.41) is 6.54. The lowest BCUT2D eigenvalue weighted by atomic mass is 9.85. The Hall–Kier alpha value is -1.34. The summed E-state index contributed by atoms with van der Waals surface area (Å²) in [7, 11) is 0. The Bertz CT molecular complexity index is 603. The maximum atomic E-state index is 3.71. The van der Waals surface area contributed by atoms with Gasteiger partial charge in [0.25, 0.3) is 0 Å². The monoisotopic (exact) mass is 281 g/mol. The molecule has 2 atom stereocenters. The highest BCUT2D eigenvalue weighted by atomic mass is 14.9. The Kier molecular flexibility index (Phi) is 4.03. The predicted octanol–water partition coefficient (Wildman–Crippen LogP) is 5.11. The molecule has 2 aromatic carbocycles. The van der Waals surface area contributed by atoms with Crippen LogP contribution < -0.4 is 5.32 Å². The minimum atomic E-state index is 0.214. The number of hydrogen-bond donors (Lipinski definition) is 1. The first-order chi connectivity index (χ1) is 10.0. The van der Waals surface area contributed by atoms with Crippen molar-refractivity contribution in [2.45, 2.75) is 51.5 Å². The third-order valence-corrected chi connectivity index (χ3v) is 4.78. The molecule has 1 aliphatic rings. The van der Waals surface area contributed by atoms with Crippen LogP contribution >= 0.6 is 0 Å². The lowest BCUT2D eigenvalue weighted by molar-refractivity contribution is 0.357. The molecule has 1 heteroatoms. The molecule has 0 amide bonds. The second-order valence-corrected chi connectivity index (χ2v) is 7.50. The molecule has 2 unspecified atom stereocenters. The zero-order valence-corrected chi connectivity index (χ0v) is 13.5. The van der Waals surface area contributed by atoms with Gasteiger partial charge in [-0.15, -0.1) is 0 Å². The topological polar surface area (TPSA) is 12.0 Å². The van der Waals surface area contributed by atoms with Gasteiger partial charge in [0.15, 0.2) is 0 Å². The van der Waals surface area contributed by atoms with E-state index in [1.54, 1.807) is 5.56 Å². The largest absolute Gasteiger partial charge is 0.312 e. The fourth-order valence-electron chi connectivity index (χ4n) is 3.70. The molecule has 0 saturated heterocycles. The quantitative estimate of drug-likeness (QED) is 0.824. The highest BCUT2D eigenvalue weighted by Crippen LogP contribution is 2.41. The number of fused-ring (bicyclic) bond motifs is 1. The molecule has 3 rings (SSSR count). The van der Waals surface area contributed by atoms with Crippen LogP contribution in [0.4, 0.5) is 0 Å². The molecule has 2 aromatic rings. The minimum absolute atomic E-state index is 0.214. The Labute approximate surface area is 128 Å². The van der Waals surface area contributed by atoms with Crippen molar-refractivity contribution in [3.8, 4) is 0 Å². The zero-order chi connectivity index (χ0) is 14.9. The van der Waals surface area contributed by atoms with E-state index in [0.29, 0.717) is 5.92 Å². The second kappa shape index (κ2) is 5.81. The van der Waals surface area contributed by atoms with Crippen LogP contribution in [0.1, 0.15) is 51.5 Å². The van der Waals surface area contributed by atoms with E-state index >= 15 is 0 Å². The van der Waals surface area contributed by atoms with Gasteiger partial charge < -0.3 is 5.32 Å². The van der Waals surface area contributed by atoms with Gasteiger partial charge in [-0.3, -0.25) is 0 Å². The van der Waals surface area contributed by atoms with E-state index in [9.17, 15) is 0 Å². The number of nitrogens with one attached hydrogen (secondary N) is 1. The summed E-state index contributed by atoms with van der Waals surface area (Å²) >= 11 is 0. The summed E-state index contributed by atoms with van der Waals surface area (Å²) in [6.07, 6.45) is 4.06. The standard InChI is InChI=1S/C20H27N/c1-20(2,3)21-14-16-10-7-12-18(16)19-13-6-9-15-8-4-5-11-17(15)19/h4-6,8-9,11,13,16,18,21H,7,10,12,14H2,1-3H3. The molecule has 0 radical (unpaired) electrons. The van der Waals surface area contributed by atoms with Crippen molar-refractivity contribution in [3.05, 3.63) is 48.0 Å². The maximum absolute atomic E-state index is 3.71. The van der Waals surface area contributed by atoms with Crippen molar-refractivity contribution in [2.24, 2.45) is 5.92 Å². The van der Waals surface area contributed by atoms with Crippen molar-refractivity contribution in [1.82, 2.24) is 5.32 Å². The van der Waals surface area contributed by atoms with Crippen LogP contribution in [0.15, 0.2) is 42.5 Å². The van der Waals surface area contributed by atoms with Gasteiger partial charge >= 0.3 is 0 Å². The number of rotatable bonds is 3. The minimum Gasteiger partial charge on any atom is -0.312 e. The molecular weight excluding hydrogens is 254 g/mol. The first-order valence-corrected chi connectivity index (χ1v) is 8.27. The summed E-state index contributed by atoms with van der Waals surface area (Å²) < 4.78 is 0. The summed E-state index contributed by atoms with van der Waals surface area (Å²) in [5.41, 5.74) is 1.78. The van der Waals surface area contributed by atoms with Crippen molar-refractivity contribution in [3.63, 3.8) is 0 Å². The van der Waals surface area contributed by atoms with Gasteiger partial charge in [0.05, 0.1) is 0 Å². The zero-order valence-electron chi connectivity index (χ0n) is 13.5. The Morgan fingerprint density at radius 1 is 1.00 bits per heavy atom. The fraction of sp³-hybridized carbons (Fsp3) is 0.500. The SMILES string of the molecule is CC(C)(C)NCC1CCCC1c1cccc2ccccc12.